The first-order valence-electron chi connectivity index (χ1n) is 12.1. The van der Waals surface area contributed by atoms with Crippen LogP contribution in [0.15, 0.2) is 47.3 Å². The molecule has 1 aliphatic heterocycles. The summed E-state index contributed by atoms with van der Waals surface area (Å²) in [5.41, 5.74) is 1.10. The molecule has 0 saturated carbocycles. The monoisotopic (exact) mass is 478 g/mol. The Balaban J connectivity index is 2.42. The van der Waals surface area contributed by atoms with E-state index in [4.69, 9.17) is 9.47 Å². The number of allylic oxidation sites excluding steroid dienone is 3. The Hall–Kier alpha value is -2.22. The van der Waals surface area contributed by atoms with Gasteiger partial charge >= 0.3 is 5.97 Å². The third-order valence-electron chi connectivity index (χ3n) is 5.77. The Kier molecular flexibility index (Phi) is 12.5. The van der Waals surface area contributed by atoms with Crippen molar-refractivity contribution >= 4 is 11.8 Å². The fourth-order valence-corrected chi connectivity index (χ4v) is 3.66. The summed E-state index contributed by atoms with van der Waals surface area (Å²) in [7, 11) is 0. The van der Waals surface area contributed by atoms with Crippen LogP contribution in [-0.4, -0.2) is 51.2 Å². The third kappa shape index (κ3) is 9.95. The molecule has 7 heteroatoms. The van der Waals surface area contributed by atoms with Gasteiger partial charge in [0, 0.05) is 31.3 Å². The minimum absolute atomic E-state index is 0.130. The van der Waals surface area contributed by atoms with E-state index in [0.717, 1.165) is 18.4 Å². The predicted octanol–water partition coefficient (Wildman–Crippen LogP) is 4.28. The Morgan fingerprint density at radius 1 is 1.24 bits per heavy atom. The maximum absolute atomic E-state index is 11.9. The van der Waals surface area contributed by atoms with Crippen LogP contribution in [0.25, 0.3) is 0 Å². The van der Waals surface area contributed by atoms with Crippen LogP contribution in [0, 0.1) is 5.92 Å². The third-order valence-corrected chi connectivity index (χ3v) is 5.77. The topological polar surface area (TPSA) is 113 Å². The van der Waals surface area contributed by atoms with Gasteiger partial charge in [-0.15, -0.1) is 0 Å². The molecule has 0 spiro atoms. The van der Waals surface area contributed by atoms with Gasteiger partial charge in [0.2, 0.25) is 5.78 Å². The minimum atomic E-state index is -1.84. The highest BCUT2D eigenvalue weighted by atomic mass is 16.6. The average Bonchev–Trinajstić information content (AvgIpc) is 2.95. The van der Waals surface area contributed by atoms with Crippen LogP contribution in [-0.2, 0) is 19.1 Å². The molecule has 0 amide bonds. The van der Waals surface area contributed by atoms with E-state index >= 15 is 0 Å². The van der Waals surface area contributed by atoms with E-state index in [2.05, 4.69) is 0 Å². The Morgan fingerprint density at radius 3 is 2.50 bits per heavy atom. The molecule has 0 aromatic heterocycles. The fraction of sp³-hybridized carbons (Fsp3) is 0.630. The van der Waals surface area contributed by atoms with Crippen molar-refractivity contribution in [3.63, 3.8) is 0 Å². The van der Waals surface area contributed by atoms with Gasteiger partial charge in [0.15, 0.2) is 0 Å². The van der Waals surface area contributed by atoms with E-state index in [0.29, 0.717) is 30.6 Å². The molecule has 5 atom stereocenters. The number of carbonyl (C=O) groups is 2. The maximum atomic E-state index is 11.9. The van der Waals surface area contributed by atoms with Gasteiger partial charge in [-0.3, -0.25) is 9.59 Å². The summed E-state index contributed by atoms with van der Waals surface area (Å²) in [5, 5.41) is 30.6. The molecule has 1 heterocycles. The number of unbranched alkanes of at least 4 members (excludes halogenated alkanes) is 1. The molecule has 0 saturated heterocycles. The minimum Gasteiger partial charge on any atom is -0.459 e. The largest absolute Gasteiger partial charge is 0.459 e. The molecule has 0 aliphatic carbocycles. The summed E-state index contributed by atoms with van der Waals surface area (Å²) in [6.45, 7) is 10.4. The zero-order chi connectivity index (χ0) is 25.9. The van der Waals surface area contributed by atoms with E-state index in [1.165, 1.54) is 6.92 Å². The van der Waals surface area contributed by atoms with Gasteiger partial charge in [-0.05, 0) is 51.7 Å². The molecule has 0 bridgehead atoms. The number of esters is 1. The van der Waals surface area contributed by atoms with Gasteiger partial charge in [-0.2, -0.15) is 0 Å². The first-order chi connectivity index (χ1) is 15.9. The number of Topliss-reactive ketones (excluding diaryl/α,β-unsaturated/α-hetero) is 1. The summed E-state index contributed by atoms with van der Waals surface area (Å²) >= 11 is 0. The van der Waals surface area contributed by atoms with Crippen LogP contribution in [0.1, 0.15) is 80.1 Å². The lowest BCUT2D eigenvalue weighted by Gasteiger charge is -2.18. The van der Waals surface area contributed by atoms with Crippen LogP contribution < -0.4 is 0 Å². The number of hydrogen-bond donors (Lipinski definition) is 3. The molecule has 0 fully saturated rings. The van der Waals surface area contributed by atoms with E-state index in [1.54, 1.807) is 19.9 Å². The highest BCUT2D eigenvalue weighted by Gasteiger charge is 2.42. The van der Waals surface area contributed by atoms with Crippen LogP contribution in [0.3, 0.4) is 0 Å². The van der Waals surface area contributed by atoms with Gasteiger partial charge in [-0.1, -0.05) is 44.6 Å². The lowest BCUT2D eigenvalue weighted by molar-refractivity contribution is -0.171. The molecular formula is C27H42O7. The maximum Gasteiger partial charge on any atom is 0.306 e. The lowest BCUT2D eigenvalue weighted by Crippen LogP contribution is -2.32. The van der Waals surface area contributed by atoms with Crippen molar-refractivity contribution in [3.8, 4) is 0 Å². The molecule has 34 heavy (non-hydrogen) atoms. The summed E-state index contributed by atoms with van der Waals surface area (Å²) in [6.07, 6.45) is 11.0. The summed E-state index contributed by atoms with van der Waals surface area (Å²) in [5.74, 6) is -2.32. The molecular weight excluding hydrogens is 436 g/mol. The van der Waals surface area contributed by atoms with Gasteiger partial charge in [0.05, 0.1) is 12.2 Å². The Labute approximate surface area is 203 Å². The molecule has 3 N–H and O–H groups in total. The second kappa shape index (κ2) is 14.2. The zero-order valence-electron chi connectivity index (χ0n) is 21.4. The molecule has 1 aliphatic rings. The van der Waals surface area contributed by atoms with Crippen LogP contribution in [0.5, 0.6) is 0 Å². The van der Waals surface area contributed by atoms with Gasteiger partial charge in [0.25, 0.3) is 5.79 Å². The van der Waals surface area contributed by atoms with E-state index in [1.807, 2.05) is 45.1 Å². The number of aliphatic hydroxyl groups excluding tert-OH is 2. The number of carbonyl (C=O) groups excluding carboxylic acids is 2. The van der Waals surface area contributed by atoms with Crippen molar-refractivity contribution in [2.24, 2.45) is 5.92 Å². The van der Waals surface area contributed by atoms with E-state index in [9.17, 15) is 24.9 Å². The summed E-state index contributed by atoms with van der Waals surface area (Å²) < 4.78 is 10.6. The standard InChI is InChI=1S/C27H42O7/c1-7-8-15-24(29)33-20(4)16-19(3)25(30)18(2)13-11-9-10-12-14-22(28)17-23-21(5)26(31)27(6,32)34-23/h9-11,13,16,18,20,22,25,28,30,32H,7-8,12,14-15,17H2,1-6H3/b10-9-,13-11-,19-16+/t18-,20-,22-,25-,27-/m1/s1. The Morgan fingerprint density at radius 2 is 1.91 bits per heavy atom. The number of rotatable bonds is 14. The highest BCUT2D eigenvalue weighted by Crippen LogP contribution is 2.31. The fourth-order valence-electron chi connectivity index (χ4n) is 3.66. The quantitative estimate of drug-likeness (QED) is 0.194. The highest BCUT2D eigenvalue weighted by molar-refractivity contribution is 6.02. The summed E-state index contributed by atoms with van der Waals surface area (Å²) in [4.78, 5) is 23.6. The molecule has 0 aromatic carbocycles. The Bertz CT molecular complexity index is 804. The van der Waals surface area contributed by atoms with Crippen LogP contribution >= 0.6 is 0 Å². The van der Waals surface area contributed by atoms with Gasteiger partial charge in [0.1, 0.15) is 11.9 Å². The zero-order valence-corrected chi connectivity index (χ0v) is 21.4. The van der Waals surface area contributed by atoms with Crippen LogP contribution in [0.2, 0.25) is 0 Å². The van der Waals surface area contributed by atoms with Crippen molar-refractivity contribution in [1.29, 1.82) is 0 Å². The number of ether oxygens (including phenoxy) is 2. The van der Waals surface area contributed by atoms with Crippen LogP contribution in [0.4, 0.5) is 0 Å². The molecule has 0 aromatic rings. The molecule has 0 unspecified atom stereocenters. The molecule has 0 radical (unpaired) electrons. The smallest absolute Gasteiger partial charge is 0.306 e. The molecule has 7 nitrogen and oxygen atoms in total. The first kappa shape index (κ1) is 29.8. The normalized spacial score (nSPS) is 22.9. The second-order valence-corrected chi connectivity index (χ2v) is 9.22. The van der Waals surface area contributed by atoms with E-state index in [-0.39, 0.29) is 24.4 Å². The van der Waals surface area contributed by atoms with Crippen molar-refractivity contribution in [2.75, 3.05) is 0 Å². The predicted molar refractivity (Wildman–Crippen MR) is 132 cm³/mol. The van der Waals surface area contributed by atoms with Crippen molar-refractivity contribution in [2.45, 2.75) is 104 Å². The van der Waals surface area contributed by atoms with Crippen molar-refractivity contribution in [1.82, 2.24) is 0 Å². The number of hydrogen-bond acceptors (Lipinski definition) is 7. The lowest BCUT2D eigenvalue weighted by atomic mass is 9.97. The molecule has 192 valence electrons. The van der Waals surface area contributed by atoms with E-state index < -0.39 is 23.8 Å². The number of aliphatic hydroxyl groups is 3. The first-order valence-corrected chi connectivity index (χ1v) is 12.1. The average molecular weight is 479 g/mol. The van der Waals surface area contributed by atoms with Crippen molar-refractivity contribution < 1.29 is 34.4 Å². The number of ketones is 1. The molecule has 1 rings (SSSR count). The summed E-state index contributed by atoms with van der Waals surface area (Å²) in [6, 6.07) is 0. The van der Waals surface area contributed by atoms with Gasteiger partial charge < -0.3 is 24.8 Å². The SMILES string of the molecule is CCCCC(=O)O[C@H](C)/C=C(\C)[C@H](O)[C@H](C)/C=C\C=C/CC[C@@H](O)CC1=C(C)C(=O)[C@](C)(O)O1. The van der Waals surface area contributed by atoms with Crippen molar-refractivity contribution in [3.05, 3.63) is 47.3 Å². The van der Waals surface area contributed by atoms with Gasteiger partial charge in [-0.25, -0.2) is 0 Å². The second-order valence-electron chi connectivity index (χ2n) is 9.22.